The minimum atomic E-state index is 0.357. The van der Waals surface area contributed by atoms with E-state index in [-0.39, 0.29) is 0 Å². The van der Waals surface area contributed by atoms with E-state index in [1.165, 1.54) is 6.20 Å². The Morgan fingerprint density at radius 3 is 2.76 bits per heavy atom. The van der Waals surface area contributed by atoms with E-state index in [1.807, 2.05) is 36.4 Å². The van der Waals surface area contributed by atoms with E-state index in [9.17, 15) is 0 Å². The van der Waals surface area contributed by atoms with Crippen molar-refractivity contribution in [1.82, 2.24) is 10.3 Å². The number of nitrogens with one attached hydrogen (secondary N) is 1. The number of nitriles is 1. The van der Waals surface area contributed by atoms with Crippen LogP contribution in [-0.2, 0) is 0 Å². The van der Waals surface area contributed by atoms with E-state index in [0.717, 1.165) is 22.0 Å². The maximum absolute atomic E-state index is 9.12. The lowest BCUT2D eigenvalue weighted by atomic mass is 10.0. The smallest absolute Gasteiger partial charge is 0.146 e. The van der Waals surface area contributed by atoms with Crippen LogP contribution in [0, 0.1) is 11.3 Å². The lowest BCUT2D eigenvalue weighted by molar-refractivity contribution is 0.297. The minimum Gasteiger partial charge on any atom is -0.476 e. The topological polar surface area (TPSA) is 70.3 Å². The predicted octanol–water partition coefficient (Wildman–Crippen LogP) is 4.31. The Bertz CT molecular complexity index is 995. The predicted molar refractivity (Wildman–Crippen MR) is 101 cm³/mol. The van der Waals surface area contributed by atoms with Crippen molar-refractivity contribution in [1.29, 1.82) is 5.26 Å². The molecule has 0 radical (unpaired) electrons. The van der Waals surface area contributed by atoms with Crippen LogP contribution in [0.2, 0.25) is 5.02 Å². The summed E-state index contributed by atoms with van der Waals surface area (Å²) in [5, 5.41) is 13.2. The Morgan fingerprint density at radius 1 is 1.28 bits per heavy atom. The van der Waals surface area contributed by atoms with Gasteiger partial charge in [0.1, 0.15) is 24.2 Å². The van der Waals surface area contributed by atoms with Crippen molar-refractivity contribution in [3.8, 4) is 22.9 Å². The number of hydrogen-bond acceptors (Lipinski definition) is 5. The van der Waals surface area contributed by atoms with E-state index in [0.29, 0.717) is 28.8 Å². The molecule has 5 nitrogen and oxygen atoms in total. The van der Waals surface area contributed by atoms with Gasteiger partial charge in [0.05, 0.1) is 16.1 Å². The number of hydrogen-bond donors (Lipinski definition) is 1. The highest BCUT2D eigenvalue weighted by molar-refractivity contribution is 6.36. The Kier molecular flexibility index (Phi) is 4.94. The van der Waals surface area contributed by atoms with Crippen LogP contribution in [-0.4, -0.2) is 25.5 Å². The van der Waals surface area contributed by atoms with Gasteiger partial charge in [-0.1, -0.05) is 23.7 Å². The molecule has 0 amide bonds. The zero-order chi connectivity index (χ0) is 17.8. The molecule has 1 heterocycles. The van der Waals surface area contributed by atoms with Crippen molar-refractivity contribution >= 4 is 34.9 Å². The number of fused-ring (bicyclic) bond motifs is 1. The minimum absolute atomic E-state index is 0.357. The third-order valence-corrected chi connectivity index (χ3v) is 4.16. The van der Waals surface area contributed by atoms with Crippen LogP contribution in [0.1, 0.15) is 5.56 Å². The first-order valence-electron chi connectivity index (χ1n) is 7.55. The van der Waals surface area contributed by atoms with Crippen molar-refractivity contribution < 1.29 is 4.74 Å². The maximum atomic E-state index is 9.12. The molecule has 0 fully saturated rings. The summed E-state index contributed by atoms with van der Waals surface area (Å²) in [4.78, 5) is 8.30. The first-order chi connectivity index (χ1) is 12.2. The van der Waals surface area contributed by atoms with Crippen LogP contribution < -0.4 is 10.1 Å². The molecule has 1 aromatic heterocycles. The van der Waals surface area contributed by atoms with Gasteiger partial charge in [-0.15, -0.1) is 0 Å². The van der Waals surface area contributed by atoms with Gasteiger partial charge in [0, 0.05) is 11.6 Å². The van der Waals surface area contributed by atoms with Crippen molar-refractivity contribution in [3.05, 3.63) is 53.2 Å². The molecule has 1 N–H and O–H groups in total. The Morgan fingerprint density at radius 2 is 2.04 bits per heavy atom. The van der Waals surface area contributed by atoms with E-state index in [1.54, 1.807) is 7.05 Å². The van der Waals surface area contributed by atoms with E-state index in [2.05, 4.69) is 28.1 Å². The Balaban J connectivity index is 2.08. The Hall–Kier alpha value is -2.94. The SMILES string of the molecule is C=Nc1cc(-c2ccc3ncc(C#N)c(Cl)c3c2)ccc1OCNC. The average molecular weight is 351 g/mol. The van der Waals surface area contributed by atoms with Crippen LogP contribution in [0.25, 0.3) is 22.0 Å². The standard InChI is InChI=1S/C19H15ClN4O/c1-22-11-25-18-6-4-13(8-17(18)23-2)12-3-5-16-15(7-12)19(20)14(9-21)10-24-16/h3-8,10,22H,2,11H2,1H3. The molecule has 3 aromatic rings. The summed E-state index contributed by atoms with van der Waals surface area (Å²) in [6.45, 7) is 3.99. The molecule has 0 aliphatic heterocycles. The van der Waals surface area contributed by atoms with Crippen LogP contribution >= 0.6 is 11.6 Å². The van der Waals surface area contributed by atoms with E-state index < -0.39 is 0 Å². The van der Waals surface area contributed by atoms with Crippen molar-refractivity contribution in [2.24, 2.45) is 4.99 Å². The number of aliphatic imine (C=N–C) groups is 1. The highest BCUT2D eigenvalue weighted by Gasteiger charge is 2.10. The van der Waals surface area contributed by atoms with Crippen molar-refractivity contribution in [2.45, 2.75) is 0 Å². The second kappa shape index (κ2) is 7.31. The molecule has 25 heavy (non-hydrogen) atoms. The van der Waals surface area contributed by atoms with Gasteiger partial charge in [-0.25, -0.2) is 0 Å². The largest absolute Gasteiger partial charge is 0.476 e. The third kappa shape index (κ3) is 3.31. The number of rotatable bonds is 5. The fourth-order valence-corrected chi connectivity index (χ4v) is 2.75. The highest BCUT2D eigenvalue weighted by Crippen LogP contribution is 2.35. The van der Waals surface area contributed by atoms with E-state index >= 15 is 0 Å². The first kappa shape index (κ1) is 16.9. The zero-order valence-electron chi connectivity index (χ0n) is 13.6. The van der Waals surface area contributed by atoms with Crippen LogP contribution in [0.3, 0.4) is 0 Å². The van der Waals surface area contributed by atoms with Crippen molar-refractivity contribution in [3.63, 3.8) is 0 Å². The number of aromatic nitrogens is 1. The van der Waals surface area contributed by atoms with Gasteiger partial charge in [-0.3, -0.25) is 15.3 Å². The molecule has 0 aliphatic carbocycles. The number of nitrogens with zero attached hydrogens (tertiary/aromatic N) is 3. The number of pyridine rings is 1. The van der Waals surface area contributed by atoms with Gasteiger partial charge in [0.2, 0.25) is 0 Å². The summed E-state index contributed by atoms with van der Waals surface area (Å²) in [6.07, 6.45) is 1.48. The molecule has 3 rings (SSSR count). The first-order valence-corrected chi connectivity index (χ1v) is 7.92. The molecule has 124 valence electrons. The summed E-state index contributed by atoms with van der Waals surface area (Å²) in [6, 6.07) is 13.5. The fourth-order valence-electron chi connectivity index (χ4n) is 2.51. The van der Waals surface area contributed by atoms with Gasteiger partial charge in [0.15, 0.2) is 0 Å². The molecule has 0 saturated heterocycles. The summed E-state index contributed by atoms with van der Waals surface area (Å²) >= 11 is 6.32. The number of benzene rings is 2. The summed E-state index contributed by atoms with van der Waals surface area (Å²) < 4.78 is 5.58. The lowest BCUT2D eigenvalue weighted by Crippen LogP contribution is -2.14. The summed E-state index contributed by atoms with van der Waals surface area (Å²) in [7, 11) is 1.80. The molecule has 6 heteroatoms. The van der Waals surface area contributed by atoms with E-state index in [4.69, 9.17) is 21.6 Å². The fraction of sp³-hybridized carbons (Fsp3) is 0.105. The molecular weight excluding hydrogens is 336 g/mol. The summed E-state index contributed by atoms with van der Waals surface area (Å²) in [5.41, 5.74) is 3.64. The molecule has 2 aromatic carbocycles. The molecular formula is C19H15ClN4O. The molecule has 0 spiro atoms. The average Bonchev–Trinajstić information content (AvgIpc) is 2.66. The van der Waals surface area contributed by atoms with Crippen LogP contribution in [0.15, 0.2) is 47.6 Å². The molecule has 0 saturated carbocycles. The highest BCUT2D eigenvalue weighted by atomic mass is 35.5. The normalized spacial score (nSPS) is 10.4. The molecule has 0 bridgehead atoms. The van der Waals surface area contributed by atoms with Gasteiger partial charge in [-0.2, -0.15) is 5.26 Å². The third-order valence-electron chi connectivity index (χ3n) is 3.76. The van der Waals surface area contributed by atoms with Crippen LogP contribution in [0.5, 0.6) is 5.75 Å². The second-order valence-electron chi connectivity index (χ2n) is 5.31. The zero-order valence-corrected chi connectivity index (χ0v) is 14.3. The monoisotopic (exact) mass is 350 g/mol. The van der Waals surface area contributed by atoms with Gasteiger partial charge < -0.3 is 4.74 Å². The van der Waals surface area contributed by atoms with Gasteiger partial charge in [-0.05, 0) is 49.2 Å². The van der Waals surface area contributed by atoms with Gasteiger partial charge in [0.25, 0.3) is 0 Å². The maximum Gasteiger partial charge on any atom is 0.146 e. The number of halogens is 1. The second-order valence-corrected chi connectivity index (χ2v) is 5.69. The molecule has 0 unspecified atom stereocenters. The molecule has 0 atom stereocenters. The van der Waals surface area contributed by atoms with Crippen molar-refractivity contribution in [2.75, 3.05) is 13.8 Å². The quantitative estimate of drug-likeness (QED) is 0.549. The Labute approximate surface area is 150 Å². The lowest BCUT2D eigenvalue weighted by Gasteiger charge is -2.11. The van der Waals surface area contributed by atoms with Gasteiger partial charge >= 0.3 is 0 Å². The molecule has 0 aliphatic rings. The summed E-state index contributed by atoms with van der Waals surface area (Å²) in [5.74, 6) is 0.653. The number of ether oxygens (including phenoxy) is 1. The van der Waals surface area contributed by atoms with Crippen LogP contribution in [0.4, 0.5) is 5.69 Å².